The summed E-state index contributed by atoms with van der Waals surface area (Å²) < 4.78 is 51.0. The van der Waals surface area contributed by atoms with E-state index in [4.69, 9.17) is 14.2 Å². The molecule has 3 N–H and O–H groups in total. The summed E-state index contributed by atoms with van der Waals surface area (Å²) in [6.45, 7) is 0.384. The molecule has 1 aromatic heterocycles. The minimum absolute atomic E-state index is 0. The van der Waals surface area contributed by atoms with Crippen molar-refractivity contribution in [3.05, 3.63) is 81.2 Å². The monoisotopic (exact) mass is 588 g/mol. The number of nitrogens with zero attached hydrogens (tertiary/aromatic N) is 1. The third-order valence-electron chi connectivity index (χ3n) is 5.96. The van der Waals surface area contributed by atoms with Crippen LogP contribution >= 0.6 is 23.1 Å². The molecule has 5 rings (SSSR count). The van der Waals surface area contributed by atoms with E-state index >= 15 is 0 Å². The van der Waals surface area contributed by atoms with Gasteiger partial charge in [-0.1, -0.05) is 59.5 Å². The van der Waals surface area contributed by atoms with Crippen LogP contribution in [0.2, 0.25) is 0 Å². The number of hydrogen-bond donors (Lipinski definition) is 2. The number of aromatic nitrogens is 1. The maximum Gasteiger partial charge on any atom is 0.387 e. The Morgan fingerprint density at radius 1 is 1.15 bits per heavy atom. The third-order valence-corrected chi connectivity index (χ3v) is 8.88. The summed E-state index contributed by atoms with van der Waals surface area (Å²) >= 11 is 3.16. The summed E-state index contributed by atoms with van der Waals surface area (Å²) in [7, 11) is -0.826. The fourth-order valence-corrected chi connectivity index (χ4v) is 6.65. The zero-order valence-electron chi connectivity index (χ0n) is 21.2. The fraction of sp³-hybridized carbons (Fsp3) is 0.222. The molecule has 12 heteroatoms. The third kappa shape index (κ3) is 6.65. The lowest BCUT2D eigenvalue weighted by atomic mass is 10.1. The van der Waals surface area contributed by atoms with Gasteiger partial charge in [0.15, 0.2) is 18.0 Å². The van der Waals surface area contributed by atoms with E-state index in [1.165, 1.54) is 0 Å². The molecule has 2 aromatic carbocycles. The standard InChI is InChI=1S/C27H26N2O6S3.H2O/c1-33-21-16-19-24(17-22(21)34-2)36-25(28-19)10-6-11-26-29(14-7-15-38(30,31)32)27-23(37-26)13-12-20(35-27)18-8-4-3-5-9-18;/h3-6,8-13,16-17,20H,7,14-15H2,1-2H3,(H,30,31,32);1H2. The van der Waals surface area contributed by atoms with Crippen LogP contribution in [0.1, 0.15) is 28.0 Å². The summed E-state index contributed by atoms with van der Waals surface area (Å²) in [4.78, 5) is 2.00. The van der Waals surface area contributed by atoms with Crippen LogP contribution in [0.3, 0.4) is 0 Å². The predicted molar refractivity (Wildman–Crippen MR) is 152 cm³/mol. The van der Waals surface area contributed by atoms with Crippen molar-refractivity contribution in [2.45, 2.75) is 24.0 Å². The van der Waals surface area contributed by atoms with Crippen LogP contribution in [0.4, 0.5) is 5.69 Å². The lowest BCUT2D eigenvalue weighted by Gasteiger charge is -2.17. The van der Waals surface area contributed by atoms with Crippen LogP contribution in [-0.2, 0) is 16.7 Å². The van der Waals surface area contributed by atoms with Gasteiger partial charge in [-0.3, -0.25) is 4.55 Å². The molecule has 0 saturated heterocycles. The van der Waals surface area contributed by atoms with E-state index in [-0.39, 0.29) is 23.8 Å². The number of methoxy groups -OCH3 is 2. The highest BCUT2D eigenvalue weighted by Crippen LogP contribution is 2.46. The topological polar surface area (TPSA) is 128 Å². The number of anilines is 1. The molecule has 0 fully saturated rings. The molecule has 0 bridgehead atoms. The number of hydrogen-bond acceptors (Lipinski definition) is 9. The Morgan fingerprint density at radius 3 is 2.62 bits per heavy atom. The quantitative estimate of drug-likeness (QED) is 0.250. The smallest absolute Gasteiger partial charge is 0.387 e. The number of allylic oxidation sites excluding steroid dienone is 2. The highest BCUT2D eigenvalue weighted by Gasteiger charge is 2.31. The molecule has 0 radical (unpaired) electrons. The molecule has 0 amide bonds. The maximum absolute atomic E-state index is 11.3. The minimum atomic E-state index is -4.05. The van der Waals surface area contributed by atoms with E-state index in [0.717, 1.165) is 31.1 Å². The SMILES string of the molecule is COc1cc2c(cc1OC)SC(=CC=Cc1sc3c([n+]1CCCS(=O)(=O)O)OC(c1ccccc1)C=C3)N2.[OH-]. The number of ether oxygens (including phenoxy) is 3. The van der Waals surface area contributed by atoms with Gasteiger partial charge in [0.05, 0.1) is 30.7 Å². The zero-order chi connectivity index (χ0) is 26.7. The molecule has 2 aliphatic rings. The number of nitrogens with one attached hydrogen (secondary N) is 1. The molecule has 1 atom stereocenters. The Labute approximate surface area is 235 Å². The van der Waals surface area contributed by atoms with Crippen molar-refractivity contribution in [1.82, 2.24) is 0 Å². The molecule has 0 spiro atoms. The Bertz CT molecular complexity index is 1500. The molecule has 39 heavy (non-hydrogen) atoms. The second-order valence-corrected chi connectivity index (χ2v) is 12.2. The van der Waals surface area contributed by atoms with Crippen LogP contribution in [0.15, 0.2) is 70.6 Å². The van der Waals surface area contributed by atoms with Crippen molar-refractivity contribution >= 4 is 51.1 Å². The van der Waals surface area contributed by atoms with Crippen LogP contribution in [0, 0.1) is 0 Å². The number of fused-ring (bicyclic) bond motifs is 2. The van der Waals surface area contributed by atoms with Crippen molar-refractivity contribution in [2.24, 2.45) is 0 Å². The molecule has 9 nitrogen and oxygen atoms in total. The first kappa shape index (κ1) is 28.7. The normalized spacial score (nSPS) is 16.8. The van der Waals surface area contributed by atoms with Gasteiger partial charge in [-0.2, -0.15) is 13.0 Å². The molecule has 3 heterocycles. The van der Waals surface area contributed by atoms with Crippen molar-refractivity contribution < 1.29 is 37.2 Å². The van der Waals surface area contributed by atoms with Gasteiger partial charge in [0.25, 0.3) is 15.1 Å². The van der Waals surface area contributed by atoms with Gasteiger partial charge in [0.2, 0.25) is 0 Å². The molecule has 3 aromatic rings. The van der Waals surface area contributed by atoms with E-state index in [0.29, 0.717) is 23.9 Å². The summed E-state index contributed by atoms with van der Waals surface area (Å²) in [5.41, 5.74) is 1.98. The zero-order valence-corrected chi connectivity index (χ0v) is 23.7. The first-order chi connectivity index (χ1) is 18.3. The number of thioether (sulfide) groups is 1. The molecular weight excluding hydrogens is 561 g/mol. The van der Waals surface area contributed by atoms with Gasteiger partial charge in [-0.15, -0.1) is 0 Å². The fourth-order valence-electron chi connectivity index (χ4n) is 4.18. The first-order valence-corrected chi connectivity index (χ1v) is 15.1. The molecule has 0 saturated carbocycles. The van der Waals surface area contributed by atoms with E-state index in [1.54, 1.807) is 37.3 Å². The van der Waals surface area contributed by atoms with E-state index in [1.807, 2.05) is 77.4 Å². The highest BCUT2D eigenvalue weighted by molar-refractivity contribution is 8.03. The Hall–Kier alpha value is -3.29. The predicted octanol–water partition coefficient (Wildman–Crippen LogP) is 5.37. The number of thiazole rings is 1. The minimum Gasteiger partial charge on any atom is -0.870 e. The van der Waals surface area contributed by atoms with Crippen molar-refractivity contribution in [3.63, 3.8) is 0 Å². The van der Waals surface area contributed by atoms with Crippen LogP contribution < -0.4 is 24.1 Å². The Morgan fingerprint density at radius 2 is 1.90 bits per heavy atom. The first-order valence-electron chi connectivity index (χ1n) is 11.9. The lowest BCUT2D eigenvalue weighted by molar-refractivity contribution is -0.699. The van der Waals surface area contributed by atoms with Crippen LogP contribution in [0.5, 0.6) is 17.4 Å². The van der Waals surface area contributed by atoms with Crippen molar-refractivity contribution in [1.29, 1.82) is 0 Å². The summed E-state index contributed by atoms with van der Waals surface area (Å²) in [6.07, 6.45) is 9.99. The van der Waals surface area contributed by atoms with Gasteiger partial charge >= 0.3 is 5.88 Å². The van der Waals surface area contributed by atoms with Gasteiger partial charge in [0.1, 0.15) is 11.0 Å². The van der Waals surface area contributed by atoms with Gasteiger partial charge in [0, 0.05) is 29.5 Å². The second-order valence-electron chi connectivity index (χ2n) is 8.53. The molecular formula is C27H28N2O7S3. The molecule has 206 valence electrons. The van der Waals surface area contributed by atoms with Gasteiger partial charge in [-0.25, -0.2) is 0 Å². The van der Waals surface area contributed by atoms with Gasteiger partial charge < -0.3 is 25.0 Å². The summed E-state index contributed by atoms with van der Waals surface area (Å²) in [5.74, 6) is 1.71. The number of benzene rings is 2. The van der Waals surface area contributed by atoms with E-state index < -0.39 is 10.1 Å². The lowest BCUT2D eigenvalue weighted by Crippen LogP contribution is -2.38. The number of rotatable bonds is 9. The van der Waals surface area contributed by atoms with Gasteiger partial charge in [-0.05, 0) is 23.8 Å². The second kappa shape index (κ2) is 12.3. The average molecular weight is 589 g/mol. The van der Waals surface area contributed by atoms with Crippen molar-refractivity contribution in [2.75, 3.05) is 25.3 Å². The summed E-state index contributed by atoms with van der Waals surface area (Å²) in [5, 5.41) is 5.25. The Kier molecular flexibility index (Phi) is 9.03. The van der Waals surface area contributed by atoms with E-state index in [2.05, 4.69) is 5.32 Å². The van der Waals surface area contributed by atoms with E-state index in [9.17, 15) is 13.0 Å². The largest absolute Gasteiger partial charge is 0.870 e. The molecule has 2 aliphatic heterocycles. The molecule has 1 unspecified atom stereocenters. The Balaban J connectivity index is 0.00000353. The van der Waals surface area contributed by atoms with Crippen LogP contribution in [-0.4, -0.2) is 38.4 Å². The van der Waals surface area contributed by atoms with Crippen molar-refractivity contribution in [3.8, 4) is 17.4 Å². The average Bonchev–Trinajstić information content (AvgIpc) is 3.47. The van der Waals surface area contributed by atoms with Crippen LogP contribution in [0.25, 0.3) is 12.2 Å². The molecule has 0 aliphatic carbocycles. The maximum atomic E-state index is 11.3. The summed E-state index contributed by atoms with van der Waals surface area (Å²) in [6, 6.07) is 13.8. The highest BCUT2D eigenvalue weighted by atomic mass is 32.2.